The molecule has 28 heavy (non-hydrogen) atoms. The number of carbonyl (C=O) groups excluding carboxylic acids is 2. The lowest BCUT2D eigenvalue weighted by Gasteiger charge is -2.11. The SMILES string of the molecule is CCOC(=O)/C=C/CC/C=C(/CCC/C=C/C(=O)OCC)Nc1ccccc1. The third kappa shape index (κ3) is 11.7. The van der Waals surface area contributed by atoms with Crippen LogP contribution in [-0.4, -0.2) is 25.2 Å². The summed E-state index contributed by atoms with van der Waals surface area (Å²) in [7, 11) is 0. The molecule has 0 atom stereocenters. The van der Waals surface area contributed by atoms with E-state index in [9.17, 15) is 9.59 Å². The van der Waals surface area contributed by atoms with Crippen molar-refractivity contribution in [3.8, 4) is 0 Å². The lowest BCUT2D eigenvalue weighted by Crippen LogP contribution is -2.00. The summed E-state index contributed by atoms with van der Waals surface area (Å²) in [5, 5.41) is 3.45. The van der Waals surface area contributed by atoms with Gasteiger partial charge in [0.25, 0.3) is 0 Å². The summed E-state index contributed by atoms with van der Waals surface area (Å²) in [4.78, 5) is 22.6. The van der Waals surface area contributed by atoms with Crippen molar-refractivity contribution in [3.05, 3.63) is 66.4 Å². The van der Waals surface area contributed by atoms with E-state index in [1.807, 2.05) is 42.5 Å². The van der Waals surface area contributed by atoms with Crippen molar-refractivity contribution >= 4 is 17.6 Å². The van der Waals surface area contributed by atoms with E-state index in [2.05, 4.69) is 11.4 Å². The average Bonchev–Trinajstić information content (AvgIpc) is 2.68. The second-order valence-corrected chi connectivity index (χ2v) is 6.00. The molecule has 1 aromatic rings. The van der Waals surface area contributed by atoms with Crippen LogP contribution in [0.3, 0.4) is 0 Å². The van der Waals surface area contributed by atoms with Crippen molar-refractivity contribution in [2.45, 2.75) is 46.0 Å². The van der Waals surface area contributed by atoms with Crippen molar-refractivity contribution in [2.24, 2.45) is 0 Å². The maximum absolute atomic E-state index is 11.3. The number of para-hydroxylation sites is 1. The Balaban J connectivity index is 2.51. The van der Waals surface area contributed by atoms with Gasteiger partial charge in [-0.1, -0.05) is 36.4 Å². The van der Waals surface area contributed by atoms with Gasteiger partial charge in [-0.15, -0.1) is 0 Å². The summed E-state index contributed by atoms with van der Waals surface area (Å²) in [6.07, 6.45) is 13.0. The Morgan fingerprint density at radius 3 is 2.11 bits per heavy atom. The topological polar surface area (TPSA) is 64.6 Å². The Hall–Kier alpha value is -2.82. The minimum atomic E-state index is -0.303. The molecule has 0 spiro atoms. The van der Waals surface area contributed by atoms with Gasteiger partial charge in [0.2, 0.25) is 0 Å². The Morgan fingerprint density at radius 1 is 0.893 bits per heavy atom. The lowest BCUT2D eigenvalue weighted by molar-refractivity contribution is -0.138. The van der Waals surface area contributed by atoms with Crippen LogP contribution in [0.25, 0.3) is 0 Å². The van der Waals surface area contributed by atoms with Crippen LogP contribution in [0.2, 0.25) is 0 Å². The van der Waals surface area contributed by atoms with Gasteiger partial charge in [0.1, 0.15) is 0 Å². The highest BCUT2D eigenvalue weighted by Crippen LogP contribution is 2.15. The third-order valence-electron chi connectivity index (χ3n) is 3.70. The maximum Gasteiger partial charge on any atom is 0.330 e. The van der Waals surface area contributed by atoms with Crippen molar-refractivity contribution in [1.29, 1.82) is 0 Å². The van der Waals surface area contributed by atoms with E-state index in [4.69, 9.17) is 9.47 Å². The minimum Gasteiger partial charge on any atom is -0.463 e. The molecule has 152 valence electrons. The fourth-order valence-electron chi connectivity index (χ4n) is 2.43. The Morgan fingerprint density at radius 2 is 1.50 bits per heavy atom. The summed E-state index contributed by atoms with van der Waals surface area (Å²) < 4.78 is 9.73. The molecule has 1 aromatic carbocycles. The molecule has 0 fully saturated rings. The zero-order valence-corrected chi connectivity index (χ0v) is 16.9. The van der Waals surface area contributed by atoms with Gasteiger partial charge in [-0.05, 0) is 58.1 Å². The Labute approximate surface area is 168 Å². The van der Waals surface area contributed by atoms with Crippen molar-refractivity contribution in [1.82, 2.24) is 0 Å². The van der Waals surface area contributed by atoms with Crippen molar-refractivity contribution < 1.29 is 19.1 Å². The molecular weight excluding hydrogens is 354 g/mol. The van der Waals surface area contributed by atoms with E-state index >= 15 is 0 Å². The number of rotatable bonds is 13. The first-order chi connectivity index (χ1) is 13.7. The fourth-order valence-corrected chi connectivity index (χ4v) is 2.43. The Kier molecular flexibility index (Phi) is 12.7. The van der Waals surface area contributed by atoms with Crippen LogP contribution in [0.15, 0.2) is 66.4 Å². The summed E-state index contributed by atoms with van der Waals surface area (Å²) in [6.45, 7) is 4.36. The van der Waals surface area contributed by atoms with Crippen LogP contribution < -0.4 is 5.32 Å². The van der Waals surface area contributed by atoms with Crippen molar-refractivity contribution in [2.75, 3.05) is 18.5 Å². The molecule has 5 heteroatoms. The first-order valence-corrected chi connectivity index (χ1v) is 9.83. The first kappa shape index (κ1) is 23.2. The van der Waals surface area contributed by atoms with Gasteiger partial charge in [-0.3, -0.25) is 0 Å². The molecule has 0 aliphatic carbocycles. The van der Waals surface area contributed by atoms with Gasteiger partial charge < -0.3 is 14.8 Å². The number of hydrogen-bond donors (Lipinski definition) is 1. The van der Waals surface area contributed by atoms with Crippen LogP contribution in [-0.2, 0) is 19.1 Å². The fraction of sp³-hybridized carbons (Fsp3) is 0.391. The molecular formula is C23H31NO4. The molecule has 0 bridgehead atoms. The van der Waals surface area contributed by atoms with Crippen LogP contribution in [0.4, 0.5) is 5.69 Å². The summed E-state index contributed by atoms with van der Waals surface area (Å²) in [6, 6.07) is 10.0. The van der Waals surface area contributed by atoms with Gasteiger partial charge in [-0.25, -0.2) is 9.59 Å². The van der Waals surface area contributed by atoms with Gasteiger partial charge in [-0.2, -0.15) is 0 Å². The largest absolute Gasteiger partial charge is 0.463 e. The molecule has 0 saturated carbocycles. The van der Waals surface area contributed by atoms with E-state index in [1.54, 1.807) is 13.8 Å². The van der Waals surface area contributed by atoms with E-state index in [0.717, 1.165) is 43.5 Å². The highest BCUT2D eigenvalue weighted by molar-refractivity contribution is 5.82. The molecule has 0 heterocycles. The molecule has 0 saturated heterocycles. The number of ether oxygens (including phenoxy) is 2. The first-order valence-electron chi connectivity index (χ1n) is 9.83. The zero-order valence-electron chi connectivity index (χ0n) is 16.9. The molecule has 1 N–H and O–H groups in total. The van der Waals surface area contributed by atoms with Crippen LogP contribution in [0.5, 0.6) is 0 Å². The van der Waals surface area contributed by atoms with Gasteiger partial charge in [0.05, 0.1) is 13.2 Å². The number of benzene rings is 1. The standard InChI is InChI=1S/C23H31NO4/c1-3-27-22(25)18-12-6-10-16-21(24-20-14-8-5-9-15-20)17-11-7-13-19-23(26)28-4-2/h5,8-9,12-16,18-19,24H,3-4,6-7,10-11,17H2,1-2H3/b18-12+,19-13+,21-16-. The predicted molar refractivity (Wildman–Crippen MR) is 113 cm³/mol. The number of nitrogens with one attached hydrogen (secondary N) is 1. The summed E-state index contributed by atoms with van der Waals surface area (Å²) in [5.74, 6) is -0.600. The Bertz CT molecular complexity index is 662. The highest BCUT2D eigenvalue weighted by atomic mass is 16.5. The zero-order chi connectivity index (χ0) is 20.5. The highest BCUT2D eigenvalue weighted by Gasteiger charge is 1.99. The maximum atomic E-state index is 11.3. The van der Waals surface area contributed by atoms with E-state index in [0.29, 0.717) is 13.2 Å². The molecule has 1 rings (SSSR count). The van der Waals surface area contributed by atoms with Crippen LogP contribution in [0, 0.1) is 0 Å². The van der Waals surface area contributed by atoms with E-state index < -0.39 is 0 Å². The second-order valence-electron chi connectivity index (χ2n) is 6.00. The van der Waals surface area contributed by atoms with Crippen LogP contribution in [0.1, 0.15) is 46.0 Å². The molecule has 0 radical (unpaired) electrons. The number of carbonyl (C=O) groups is 2. The quantitative estimate of drug-likeness (QED) is 0.288. The van der Waals surface area contributed by atoms with Crippen molar-refractivity contribution in [3.63, 3.8) is 0 Å². The smallest absolute Gasteiger partial charge is 0.330 e. The molecule has 0 amide bonds. The second kappa shape index (κ2) is 15.3. The number of unbranched alkanes of at least 4 members (excludes halogenated alkanes) is 2. The summed E-state index contributed by atoms with van der Waals surface area (Å²) in [5.41, 5.74) is 2.16. The third-order valence-corrected chi connectivity index (χ3v) is 3.70. The van der Waals surface area contributed by atoms with Gasteiger partial charge >= 0.3 is 11.9 Å². The normalized spacial score (nSPS) is 11.7. The monoisotopic (exact) mass is 385 g/mol. The lowest BCUT2D eigenvalue weighted by atomic mass is 10.1. The molecule has 0 aliphatic heterocycles. The summed E-state index contributed by atoms with van der Waals surface area (Å²) >= 11 is 0. The number of anilines is 1. The van der Waals surface area contributed by atoms with E-state index in [-0.39, 0.29) is 11.9 Å². The number of esters is 2. The molecule has 0 aliphatic rings. The molecule has 0 unspecified atom stereocenters. The average molecular weight is 386 g/mol. The number of hydrogen-bond acceptors (Lipinski definition) is 5. The predicted octanol–water partition coefficient (Wildman–Crippen LogP) is 5.17. The van der Waals surface area contributed by atoms with Gasteiger partial charge in [0.15, 0.2) is 0 Å². The number of allylic oxidation sites excluding steroid dienone is 4. The van der Waals surface area contributed by atoms with E-state index in [1.165, 1.54) is 12.2 Å². The molecule has 5 nitrogen and oxygen atoms in total. The van der Waals surface area contributed by atoms with Crippen LogP contribution >= 0.6 is 0 Å². The minimum absolute atomic E-state index is 0.297. The molecule has 0 aromatic heterocycles. The van der Waals surface area contributed by atoms with Gasteiger partial charge in [0, 0.05) is 23.5 Å².